The molecule has 0 amide bonds. The molecule has 2 rings (SSSR count). The van der Waals surface area contributed by atoms with Gasteiger partial charge in [-0.3, -0.25) is 4.79 Å². The van der Waals surface area contributed by atoms with E-state index in [9.17, 15) is 14.3 Å². The van der Waals surface area contributed by atoms with Crippen molar-refractivity contribution in [1.29, 1.82) is 0 Å². The monoisotopic (exact) mass is 207 g/mol. The molecule has 0 aliphatic rings. The van der Waals surface area contributed by atoms with Crippen LogP contribution in [0.2, 0.25) is 0 Å². The number of benzene rings is 1. The molecule has 0 radical (unpaired) electrons. The summed E-state index contributed by atoms with van der Waals surface area (Å²) in [6.07, 6.45) is 2.29. The average Bonchev–Trinajstić information content (AvgIpc) is 2.22. The van der Waals surface area contributed by atoms with Gasteiger partial charge in [0.25, 0.3) is 5.56 Å². The molecular formula is C11H10FNO2. The molecule has 0 aliphatic carbocycles. The van der Waals surface area contributed by atoms with Gasteiger partial charge in [0.05, 0.1) is 5.39 Å². The number of phenols is 1. The van der Waals surface area contributed by atoms with Gasteiger partial charge in [0, 0.05) is 6.20 Å². The van der Waals surface area contributed by atoms with Gasteiger partial charge in [0.15, 0.2) is 11.6 Å². The number of aromatic nitrogens is 1. The van der Waals surface area contributed by atoms with Crippen LogP contribution in [-0.2, 0) is 6.42 Å². The van der Waals surface area contributed by atoms with Crippen LogP contribution >= 0.6 is 0 Å². The molecular weight excluding hydrogens is 197 g/mol. The quantitative estimate of drug-likeness (QED) is 0.750. The summed E-state index contributed by atoms with van der Waals surface area (Å²) in [7, 11) is 0. The van der Waals surface area contributed by atoms with Gasteiger partial charge in [-0.05, 0) is 29.5 Å². The topological polar surface area (TPSA) is 53.1 Å². The number of aromatic hydroxyl groups is 1. The maximum absolute atomic E-state index is 13.1. The number of hydrogen-bond donors (Lipinski definition) is 2. The third-order valence-electron chi connectivity index (χ3n) is 2.44. The van der Waals surface area contributed by atoms with E-state index in [1.807, 2.05) is 6.92 Å². The molecule has 78 valence electrons. The summed E-state index contributed by atoms with van der Waals surface area (Å²) in [6.45, 7) is 1.92. The van der Waals surface area contributed by atoms with E-state index in [1.54, 1.807) is 6.20 Å². The van der Waals surface area contributed by atoms with Gasteiger partial charge in [-0.2, -0.15) is 0 Å². The first-order valence-corrected chi connectivity index (χ1v) is 4.66. The first-order chi connectivity index (χ1) is 7.13. The van der Waals surface area contributed by atoms with Crippen LogP contribution in [0.3, 0.4) is 0 Å². The molecule has 2 aromatic rings. The molecule has 0 bridgehead atoms. The maximum Gasteiger partial charge on any atom is 0.255 e. The minimum absolute atomic E-state index is 0.268. The molecule has 1 heterocycles. The lowest BCUT2D eigenvalue weighted by atomic mass is 10.1. The number of rotatable bonds is 1. The van der Waals surface area contributed by atoms with Crippen molar-refractivity contribution >= 4 is 10.8 Å². The van der Waals surface area contributed by atoms with E-state index in [1.165, 1.54) is 6.07 Å². The third kappa shape index (κ3) is 1.48. The highest BCUT2D eigenvalue weighted by Gasteiger charge is 2.08. The van der Waals surface area contributed by atoms with Crippen molar-refractivity contribution in [1.82, 2.24) is 4.98 Å². The second kappa shape index (κ2) is 3.38. The van der Waals surface area contributed by atoms with Crippen LogP contribution in [0.25, 0.3) is 10.8 Å². The molecule has 2 N–H and O–H groups in total. The summed E-state index contributed by atoms with van der Waals surface area (Å²) in [5.41, 5.74) is 0.529. The Kier molecular flexibility index (Phi) is 2.19. The summed E-state index contributed by atoms with van der Waals surface area (Å²) in [5.74, 6) is -1.20. The van der Waals surface area contributed by atoms with Crippen LogP contribution in [0.1, 0.15) is 12.5 Å². The number of nitrogens with one attached hydrogen (secondary N) is 1. The zero-order valence-corrected chi connectivity index (χ0v) is 8.17. The Morgan fingerprint density at radius 3 is 2.80 bits per heavy atom. The standard InChI is InChI=1S/C11H10FNO2/c1-2-6-5-13-11(15)8-3-9(12)10(14)4-7(6)8/h3-5,14H,2H2,1H3,(H,13,15). The summed E-state index contributed by atoms with van der Waals surface area (Å²) in [4.78, 5) is 13.9. The van der Waals surface area contributed by atoms with E-state index in [0.717, 1.165) is 11.6 Å². The Hall–Kier alpha value is -1.84. The van der Waals surface area contributed by atoms with Crippen molar-refractivity contribution < 1.29 is 9.50 Å². The van der Waals surface area contributed by atoms with Crippen molar-refractivity contribution in [3.8, 4) is 5.75 Å². The molecule has 1 aromatic heterocycles. The molecule has 0 saturated heterocycles. The fraction of sp³-hybridized carbons (Fsp3) is 0.182. The summed E-state index contributed by atoms with van der Waals surface area (Å²) in [5, 5.41) is 10.1. The normalized spacial score (nSPS) is 10.8. The zero-order valence-electron chi connectivity index (χ0n) is 8.17. The third-order valence-corrected chi connectivity index (χ3v) is 2.44. The minimum Gasteiger partial charge on any atom is -0.505 e. The predicted molar refractivity (Wildman–Crippen MR) is 55.6 cm³/mol. The fourth-order valence-electron chi connectivity index (χ4n) is 1.62. The molecule has 15 heavy (non-hydrogen) atoms. The Bertz CT molecular complexity index is 575. The van der Waals surface area contributed by atoms with E-state index in [4.69, 9.17) is 0 Å². The Morgan fingerprint density at radius 2 is 2.13 bits per heavy atom. The fourth-order valence-corrected chi connectivity index (χ4v) is 1.62. The van der Waals surface area contributed by atoms with Gasteiger partial charge in [-0.25, -0.2) is 4.39 Å². The van der Waals surface area contributed by atoms with E-state index in [2.05, 4.69) is 4.98 Å². The lowest BCUT2D eigenvalue weighted by Gasteiger charge is -2.04. The van der Waals surface area contributed by atoms with E-state index in [-0.39, 0.29) is 10.9 Å². The lowest BCUT2D eigenvalue weighted by molar-refractivity contribution is 0.433. The Balaban J connectivity index is 2.95. The predicted octanol–water partition coefficient (Wildman–Crippen LogP) is 1.94. The Morgan fingerprint density at radius 1 is 1.40 bits per heavy atom. The van der Waals surface area contributed by atoms with Gasteiger partial charge in [0.2, 0.25) is 0 Å². The van der Waals surface area contributed by atoms with Gasteiger partial charge in [0.1, 0.15) is 0 Å². The van der Waals surface area contributed by atoms with Crippen molar-refractivity contribution in [3.63, 3.8) is 0 Å². The summed E-state index contributed by atoms with van der Waals surface area (Å²) >= 11 is 0. The number of aryl methyl sites for hydroxylation is 1. The maximum atomic E-state index is 13.1. The van der Waals surface area contributed by atoms with Crippen LogP contribution < -0.4 is 5.56 Å². The summed E-state index contributed by atoms with van der Waals surface area (Å²) < 4.78 is 13.1. The highest BCUT2D eigenvalue weighted by atomic mass is 19.1. The smallest absolute Gasteiger partial charge is 0.255 e. The highest BCUT2D eigenvalue weighted by molar-refractivity contribution is 5.86. The van der Waals surface area contributed by atoms with Crippen LogP contribution in [0.5, 0.6) is 5.75 Å². The first-order valence-electron chi connectivity index (χ1n) is 4.66. The van der Waals surface area contributed by atoms with Crippen LogP contribution in [0.15, 0.2) is 23.1 Å². The largest absolute Gasteiger partial charge is 0.505 e. The van der Waals surface area contributed by atoms with Crippen molar-refractivity contribution in [3.05, 3.63) is 40.1 Å². The van der Waals surface area contributed by atoms with Crippen LogP contribution in [0.4, 0.5) is 4.39 Å². The zero-order chi connectivity index (χ0) is 11.0. The number of phenolic OH excluding ortho intramolecular Hbond substituents is 1. The van der Waals surface area contributed by atoms with Crippen LogP contribution in [0, 0.1) is 5.82 Å². The minimum atomic E-state index is -0.777. The number of pyridine rings is 1. The number of H-pyrrole nitrogens is 1. The van der Waals surface area contributed by atoms with E-state index < -0.39 is 11.6 Å². The van der Waals surface area contributed by atoms with Crippen molar-refractivity contribution in [2.24, 2.45) is 0 Å². The second-order valence-corrected chi connectivity index (χ2v) is 3.35. The molecule has 3 nitrogen and oxygen atoms in total. The van der Waals surface area contributed by atoms with Crippen molar-refractivity contribution in [2.75, 3.05) is 0 Å². The molecule has 0 aliphatic heterocycles. The highest BCUT2D eigenvalue weighted by Crippen LogP contribution is 2.23. The second-order valence-electron chi connectivity index (χ2n) is 3.35. The SMILES string of the molecule is CCc1c[nH]c(=O)c2cc(F)c(O)cc12. The van der Waals surface area contributed by atoms with Gasteiger partial charge in [-0.15, -0.1) is 0 Å². The number of fused-ring (bicyclic) bond motifs is 1. The summed E-state index contributed by atoms with van der Waals surface area (Å²) in [6, 6.07) is 2.35. The van der Waals surface area contributed by atoms with Gasteiger partial charge in [-0.1, -0.05) is 6.92 Å². The molecule has 0 saturated carbocycles. The van der Waals surface area contributed by atoms with Gasteiger partial charge >= 0.3 is 0 Å². The van der Waals surface area contributed by atoms with Crippen LogP contribution in [-0.4, -0.2) is 10.1 Å². The lowest BCUT2D eigenvalue weighted by Crippen LogP contribution is -2.07. The first kappa shape index (κ1) is 9.71. The average molecular weight is 207 g/mol. The van der Waals surface area contributed by atoms with Gasteiger partial charge < -0.3 is 10.1 Å². The number of aromatic amines is 1. The van der Waals surface area contributed by atoms with E-state index in [0.29, 0.717) is 11.8 Å². The number of halogens is 1. The Labute approximate surface area is 85.2 Å². The van der Waals surface area contributed by atoms with E-state index >= 15 is 0 Å². The van der Waals surface area contributed by atoms with Crippen molar-refractivity contribution in [2.45, 2.75) is 13.3 Å². The number of hydrogen-bond acceptors (Lipinski definition) is 2. The molecule has 0 fully saturated rings. The molecule has 4 heteroatoms. The molecule has 1 aromatic carbocycles. The molecule has 0 unspecified atom stereocenters. The molecule has 0 atom stereocenters. The molecule has 0 spiro atoms.